The molecule has 0 bridgehead atoms. The molecule has 24 heavy (non-hydrogen) atoms. The van der Waals surface area contributed by atoms with E-state index in [1.807, 2.05) is 6.07 Å². The lowest BCUT2D eigenvalue weighted by molar-refractivity contribution is -0.118. The number of anilines is 1. The highest BCUT2D eigenvalue weighted by Crippen LogP contribution is 2.33. The van der Waals surface area contributed by atoms with E-state index in [0.29, 0.717) is 15.7 Å². The zero-order valence-corrected chi connectivity index (χ0v) is 13.9. The van der Waals surface area contributed by atoms with Crippen LogP contribution in [0.1, 0.15) is 28.4 Å². The van der Waals surface area contributed by atoms with E-state index in [1.165, 1.54) is 11.3 Å². The standard InChI is InChI=1S/C17H11ClN2O3S/c18-9-5-6-12-14(7-9)24-17(19-12)20-15(21)8-13-10-3-1-2-4-11(10)16(22)23-13/h1-7,13H,8H2,(H,19,20,21)/t13-/m1/s1. The zero-order chi connectivity index (χ0) is 16.7. The number of hydrogen-bond acceptors (Lipinski definition) is 5. The maximum Gasteiger partial charge on any atom is 0.339 e. The number of halogens is 1. The molecule has 0 unspecified atom stereocenters. The highest BCUT2D eigenvalue weighted by Gasteiger charge is 2.32. The van der Waals surface area contributed by atoms with Gasteiger partial charge in [-0.15, -0.1) is 0 Å². The van der Waals surface area contributed by atoms with Gasteiger partial charge in [-0.1, -0.05) is 41.1 Å². The van der Waals surface area contributed by atoms with Gasteiger partial charge in [0.2, 0.25) is 5.91 Å². The molecule has 0 aliphatic carbocycles. The molecular formula is C17H11ClN2O3S. The van der Waals surface area contributed by atoms with E-state index in [-0.39, 0.29) is 12.3 Å². The highest BCUT2D eigenvalue weighted by molar-refractivity contribution is 7.22. The number of ether oxygens (including phenoxy) is 1. The molecule has 0 saturated heterocycles. The third-order valence-electron chi connectivity index (χ3n) is 3.74. The van der Waals surface area contributed by atoms with Crippen LogP contribution in [0.25, 0.3) is 10.2 Å². The molecule has 0 radical (unpaired) electrons. The predicted molar refractivity (Wildman–Crippen MR) is 92.5 cm³/mol. The summed E-state index contributed by atoms with van der Waals surface area (Å²) in [5, 5.41) is 3.88. The Balaban J connectivity index is 1.50. The van der Waals surface area contributed by atoms with Gasteiger partial charge in [-0.05, 0) is 24.3 Å². The smallest absolute Gasteiger partial charge is 0.339 e. The lowest BCUT2D eigenvalue weighted by Crippen LogP contribution is -2.15. The third-order valence-corrected chi connectivity index (χ3v) is 4.91. The third kappa shape index (κ3) is 2.74. The van der Waals surface area contributed by atoms with E-state index in [9.17, 15) is 9.59 Å². The van der Waals surface area contributed by atoms with Crippen LogP contribution in [0.2, 0.25) is 5.02 Å². The van der Waals surface area contributed by atoms with Crippen LogP contribution in [-0.2, 0) is 9.53 Å². The summed E-state index contributed by atoms with van der Waals surface area (Å²) in [7, 11) is 0. The molecule has 1 atom stereocenters. The maximum absolute atomic E-state index is 12.3. The van der Waals surface area contributed by atoms with E-state index >= 15 is 0 Å². The molecule has 2 aromatic carbocycles. The van der Waals surface area contributed by atoms with Gasteiger partial charge in [0.1, 0.15) is 6.10 Å². The van der Waals surface area contributed by atoms with Gasteiger partial charge < -0.3 is 10.1 Å². The van der Waals surface area contributed by atoms with Crippen LogP contribution in [0, 0.1) is 0 Å². The van der Waals surface area contributed by atoms with Crippen molar-refractivity contribution in [3.63, 3.8) is 0 Å². The summed E-state index contributed by atoms with van der Waals surface area (Å²) in [4.78, 5) is 28.4. The van der Waals surface area contributed by atoms with Gasteiger partial charge in [-0.3, -0.25) is 4.79 Å². The van der Waals surface area contributed by atoms with Crippen LogP contribution in [0.15, 0.2) is 42.5 Å². The highest BCUT2D eigenvalue weighted by atomic mass is 35.5. The van der Waals surface area contributed by atoms with E-state index in [2.05, 4.69) is 10.3 Å². The lowest BCUT2D eigenvalue weighted by Gasteiger charge is -2.09. The number of hydrogen-bond donors (Lipinski definition) is 1. The molecule has 0 saturated carbocycles. The molecule has 3 aromatic rings. The summed E-state index contributed by atoms with van der Waals surface area (Å²) in [6.07, 6.45) is -0.503. The molecule has 0 fully saturated rings. The molecular weight excluding hydrogens is 348 g/mol. The van der Waals surface area contributed by atoms with Crippen molar-refractivity contribution in [2.45, 2.75) is 12.5 Å². The van der Waals surface area contributed by atoms with Crippen molar-refractivity contribution in [2.24, 2.45) is 0 Å². The van der Waals surface area contributed by atoms with Crippen LogP contribution in [0.5, 0.6) is 0 Å². The lowest BCUT2D eigenvalue weighted by atomic mass is 10.0. The fraction of sp³-hybridized carbons (Fsp3) is 0.118. The first-order chi connectivity index (χ1) is 11.6. The largest absolute Gasteiger partial charge is 0.453 e. The monoisotopic (exact) mass is 358 g/mol. The molecule has 1 aliphatic heterocycles. The summed E-state index contributed by atoms with van der Waals surface area (Å²) in [5.74, 6) is -0.646. The summed E-state index contributed by atoms with van der Waals surface area (Å²) in [5.41, 5.74) is 2.04. The molecule has 4 rings (SSSR count). The van der Waals surface area contributed by atoms with Crippen LogP contribution in [-0.4, -0.2) is 16.9 Å². The number of carbonyl (C=O) groups is 2. The van der Waals surface area contributed by atoms with Gasteiger partial charge in [0.05, 0.1) is 22.2 Å². The number of cyclic esters (lactones) is 1. The molecule has 5 nitrogen and oxygen atoms in total. The quantitative estimate of drug-likeness (QED) is 0.713. The van der Waals surface area contributed by atoms with Gasteiger partial charge >= 0.3 is 5.97 Å². The summed E-state index contributed by atoms with van der Waals surface area (Å²) in [6.45, 7) is 0. The van der Waals surface area contributed by atoms with Crippen molar-refractivity contribution in [1.29, 1.82) is 0 Å². The normalized spacial score (nSPS) is 16.0. The number of nitrogens with one attached hydrogen (secondary N) is 1. The Morgan fingerprint density at radius 1 is 1.29 bits per heavy atom. The Hall–Kier alpha value is -2.44. The Bertz CT molecular complexity index is 969. The number of aromatic nitrogens is 1. The Labute approximate surface area is 146 Å². The SMILES string of the molecule is O=C(C[C@H]1OC(=O)c2ccccc21)Nc1nc2ccc(Cl)cc2s1. The number of nitrogens with zero attached hydrogens (tertiary/aromatic N) is 1. The number of amides is 1. The van der Waals surface area contributed by atoms with Gasteiger partial charge in [0.25, 0.3) is 0 Å². The van der Waals surface area contributed by atoms with Crippen molar-refractivity contribution in [3.05, 3.63) is 58.6 Å². The van der Waals surface area contributed by atoms with Crippen molar-refractivity contribution < 1.29 is 14.3 Å². The number of esters is 1. The molecule has 1 aromatic heterocycles. The second-order valence-electron chi connectivity index (χ2n) is 5.36. The minimum atomic E-state index is -0.558. The molecule has 2 heterocycles. The van der Waals surface area contributed by atoms with Crippen molar-refractivity contribution in [1.82, 2.24) is 4.98 Å². The molecule has 0 spiro atoms. The van der Waals surface area contributed by atoms with Crippen molar-refractivity contribution in [2.75, 3.05) is 5.32 Å². The van der Waals surface area contributed by atoms with Crippen LogP contribution >= 0.6 is 22.9 Å². The van der Waals surface area contributed by atoms with Gasteiger partial charge in [0.15, 0.2) is 5.13 Å². The fourth-order valence-corrected chi connectivity index (χ4v) is 3.82. The Morgan fingerprint density at radius 3 is 3.00 bits per heavy atom. The second kappa shape index (κ2) is 5.89. The Kier molecular flexibility index (Phi) is 3.70. The average molecular weight is 359 g/mol. The fourth-order valence-electron chi connectivity index (χ4n) is 2.66. The van der Waals surface area contributed by atoms with E-state index in [4.69, 9.17) is 16.3 Å². The Morgan fingerprint density at radius 2 is 2.12 bits per heavy atom. The number of benzene rings is 2. The van der Waals surface area contributed by atoms with E-state index < -0.39 is 12.1 Å². The number of rotatable bonds is 3. The van der Waals surface area contributed by atoms with E-state index in [0.717, 1.165) is 15.8 Å². The number of thiazole rings is 1. The molecule has 7 heteroatoms. The van der Waals surface area contributed by atoms with Crippen molar-refractivity contribution >= 4 is 50.2 Å². The van der Waals surface area contributed by atoms with Crippen LogP contribution < -0.4 is 5.32 Å². The topological polar surface area (TPSA) is 68.3 Å². The average Bonchev–Trinajstić information content (AvgIpc) is 3.08. The van der Waals surface area contributed by atoms with Gasteiger partial charge in [-0.2, -0.15) is 0 Å². The molecule has 1 aliphatic rings. The molecule has 1 N–H and O–H groups in total. The first-order valence-electron chi connectivity index (χ1n) is 7.26. The van der Waals surface area contributed by atoms with Gasteiger partial charge in [0, 0.05) is 10.6 Å². The van der Waals surface area contributed by atoms with Crippen LogP contribution in [0.4, 0.5) is 5.13 Å². The number of carbonyl (C=O) groups excluding carboxylic acids is 2. The minimum absolute atomic E-state index is 0.0550. The summed E-state index contributed by atoms with van der Waals surface area (Å²) >= 11 is 7.30. The summed E-state index contributed by atoms with van der Waals surface area (Å²) < 4.78 is 6.18. The van der Waals surface area contributed by atoms with Crippen molar-refractivity contribution in [3.8, 4) is 0 Å². The number of fused-ring (bicyclic) bond motifs is 2. The predicted octanol–water partition coefficient (Wildman–Crippen LogP) is 4.19. The molecule has 120 valence electrons. The van der Waals surface area contributed by atoms with Gasteiger partial charge in [-0.25, -0.2) is 9.78 Å². The molecule has 1 amide bonds. The summed E-state index contributed by atoms with van der Waals surface area (Å²) in [6, 6.07) is 12.5. The maximum atomic E-state index is 12.3. The minimum Gasteiger partial charge on any atom is -0.453 e. The second-order valence-corrected chi connectivity index (χ2v) is 6.83. The van der Waals surface area contributed by atoms with E-state index in [1.54, 1.807) is 36.4 Å². The zero-order valence-electron chi connectivity index (χ0n) is 12.3. The van der Waals surface area contributed by atoms with Crippen LogP contribution in [0.3, 0.4) is 0 Å². The first-order valence-corrected chi connectivity index (χ1v) is 8.45. The first kappa shape index (κ1) is 15.1.